The van der Waals surface area contributed by atoms with Gasteiger partial charge in [-0.05, 0) is 71.1 Å². The average Bonchev–Trinajstić information content (AvgIpc) is 3.04. The molecule has 0 N–H and O–H groups in total. The predicted octanol–water partition coefficient (Wildman–Crippen LogP) is 4.25. The van der Waals surface area contributed by atoms with Gasteiger partial charge >= 0.3 is 5.69 Å². The monoisotopic (exact) mass is 433 g/mol. The van der Waals surface area contributed by atoms with Crippen LogP contribution in [0.15, 0.2) is 47.5 Å². The number of imidazole rings is 1. The van der Waals surface area contributed by atoms with Gasteiger partial charge in [0.1, 0.15) is 0 Å². The highest BCUT2D eigenvalue weighted by Crippen LogP contribution is 2.29. The molecule has 0 unspecified atom stereocenters. The van der Waals surface area contributed by atoms with Crippen molar-refractivity contribution in [3.8, 4) is 17.0 Å². The standard InChI is InChI=1S/C25H31N5O2/c1-17(2)30-24-20-14-18(8-10-21(20)26-16-22(24)29(5)25(30)31)19-9-11-23(27-15-19)32-13-7-6-12-28(3)4/h8-11,14-17H,6-7,12-13H2,1-5H3. The molecule has 4 aromatic rings. The first kappa shape index (κ1) is 22.0. The third-order valence-corrected chi connectivity index (χ3v) is 5.75. The zero-order valence-electron chi connectivity index (χ0n) is 19.5. The van der Waals surface area contributed by atoms with Gasteiger partial charge in [-0.2, -0.15) is 0 Å². The summed E-state index contributed by atoms with van der Waals surface area (Å²) in [4.78, 5) is 24.0. The molecule has 32 heavy (non-hydrogen) atoms. The van der Waals surface area contributed by atoms with Gasteiger partial charge in [-0.3, -0.25) is 14.1 Å². The smallest absolute Gasteiger partial charge is 0.329 e. The van der Waals surface area contributed by atoms with Crippen molar-refractivity contribution in [2.75, 3.05) is 27.2 Å². The number of aryl methyl sites for hydroxylation is 1. The van der Waals surface area contributed by atoms with E-state index in [4.69, 9.17) is 4.74 Å². The zero-order chi connectivity index (χ0) is 22.8. The first-order valence-corrected chi connectivity index (χ1v) is 11.1. The summed E-state index contributed by atoms with van der Waals surface area (Å²) >= 11 is 0. The maximum absolute atomic E-state index is 12.8. The van der Waals surface area contributed by atoms with E-state index in [-0.39, 0.29) is 11.7 Å². The lowest BCUT2D eigenvalue weighted by molar-refractivity contribution is 0.284. The van der Waals surface area contributed by atoms with Gasteiger partial charge in [-0.1, -0.05) is 6.07 Å². The quantitative estimate of drug-likeness (QED) is 0.389. The Bertz CT molecular complexity index is 1290. The lowest BCUT2D eigenvalue weighted by Crippen LogP contribution is -2.23. The molecular formula is C25H31N5O2. The number of hydrogen-bond donors (Lipinski definition) is 0. The van der Waals surface area contributed by atoms with E-state index in [0.29, 0.717) is 12.5 Å². The van der Waals surface area contributed by atoms with Crippen LogP contribution in [0.3, 0.4) is 0 Å². The van der Waals surface area contributed by atoms with Crippen molar-refractivity contribution >= 4 is 21.9 Å². The Kier molecular flexibility index (Phi) is 6.28. The van der Waals surface area contributed by atoms with E-state index in [1.807, 2.05) is 48.9 Å². The first-order chi connectivity index (χ1) is 15.4. The molecule has 0 aliphatic heterocycles. The van der Waals surface area contributed by atoms with Gasteiger partial charge in [0.05, 0.1) is 29.4 Å². The number of pyridine rings is 2. The first-order valence-electron chi connectivity index (χ1n) is 11.1. The minimum Gasteiger partial charge on any atom is -0.478 e. The summed E-state index contributed by atoms with van der Waals surface area (Å²) in [7, 11) is 5.95. The Morgan fingerprint density at radius 1 is 1.03 bits per heavy atom. The molecule has 0 fully saturated rings. The Balaban J connectivity index is 1.63. The van der Waals surface area contributed by atoms with Crippen LogP contribution in [0.25, 0.3) is 33.1 Å². The minimum atomic E-state index is -0.0246. The largest absolute Gasteiger partial charge is 0.478 e. The lowest BCUT2D eigenvalue weighted by Gasteiger charge is -2.11. The maximum Gasteiger partial charge on any atom is 0.329 e. The van der Waals surface area contributed by atoms with Gasteiger partial charge in [-0.25, -0.2) is 9.78 Å². The number of rotatable bonds is 8. The number of nitrogens with zero attached hydrogens (tertiary/aromatic N) is 5. The summed E-state index contributed by atoms with van der Waals surface area (Å²) in [6.07, 6.45) is 5.73. The van der Waals surface area contributed by atoms with Crippen molar-refractivity contribution in [1.29, 1.82) is 0 Å². The number of benzene rings is 1. The highest BCUT2D eigenvalue weighted by molar-refractivity contribution is 6.04. The van der Waals surface area contributed by atoms with E-state index >= 15 is 0 Å². The van der Waals surface area contributed by atoms with Crippen molar-refractivity contribution in [3.05, 3.63) is 53.2 Å². The molecule has 3 aromatic heterocycles. The van der Waals surface area contributed by atoms with Crippen LogP contribution in [0.1, 0.15) is 32.7 Å². The topological polar surface area (TPSA) is 65.2 Å². The third-order valence-electron chi connectivity index (χ3n) is 5.75. The average molecular weight is 434 g/mol. The van der Waals surface area contributed by atoms with E-state index in [1.54, 1.807) is 17.8 Å². The molecule has 0 saturated carbocycles. The second-order valence-electron chi connectivity index (χ2n) is 8.77. The summed E-state index contributed by atoms with van der Waals surface area (Å²) < 4.78 is 9.29. The fraction of sp³-hybridized carbons (Fsp3) is 0.400. The van der Waals surface area contributed by atoms with Gasteiger partial charge in [0.25, 0.3) is 0 Å². The molecule has 7 heteroatoms. The maximum atomic E-state index is 12.8. The van der Waals surface area contributed by atoms with Crippen molar-refractivity contribution in [2.45, 2.75) is 32.7 Å². The van der Waals surface area contributed by atoms with Crippen molar-refractivity contribution in [1.82, 2.24) is 24.0 Å². The van der Waals surface area contributed by atoms with Crippen LogP contribution >= 0.6 is 0 Å². The van der Waals surface area contributed by atoms with E-state index < -0.39 is 0 Å². The summed E-state index contributed by atoms with van der Waals surface area (Å²) in [6.45, 7) is 5.78. The van der Waals surface area contributed by atoms with Crippen LogP contribution < -0.4 is 10.4 Å². The molecule has 4 rings (SSSR count). The third kappa shape index (κ3) is 4.25. The number of fused-ring (bicyclic) bond motifs is 3. The molecule has 7 nitrogen and oxygen atoms in total. The molecular weight excluding hydrogens is 402 g/mol. The second-order valence-corrected chi connectivity index (χ2v) is 8.77. The Labute approximate surface area is 188 Å². The van der Waals surface area contributed by atoms with Crippen LogP contribution in [-0.2, 0) is 7.05 Å². The van der Waals surface area contributed by atoms with Crippen molar-refractivity contribution in [3.63, 3.8) is 0 Å². The number of aromatic nitrogens is 4. The van der Waals surface area contributed by atoms with Crippen LogP contribution in [-0.4, -0.2) is 51.2 Å². The number of ether oxygens (including phenoxy) is 1. The van der Waals surface area contributed by atoms with E-state index in [0.717, 1.165) is 52.4 Å². The Hall–Kier alpha value is -3.19. The molecule has 0 radical (unpaired) electrons. The molecule has 0 spiro atoms. The number of hydrogen-bond acceptors (Lipinski definition) is 5. The van der Waals surface area contributed by atoms with Gasteiger partial charge < -0.3 is 9.64 Å². The normalized spacial score (nSPS) is 11.8. The SMILES string of the molecule is CC(C)n1c(=O)n(C)c2cnc3ccc(-c4ccc(OCCCCN(C)C)nc4)cc3c21. The Morgan fingerprint density at radius 2 is 1.81 bits per heavy atom. The van der Waals surface area contributed by atoms with Crippen molar-refractivity contribution < 1.29 is 4.74 Å². The van der Waals surface area contributed by atoms with Crippen LogP contribution in [0.4, 0.5) is 0 Å². The molecule has 0 saturated heterocycles. The molecule has 0 aliphatic carbocycles. The molecule has 0 atom stereocenters. The van der Waals surface area contributed by atoms with Crippen LogP contribution in [0, 0.1) is 0 Å². The highest BCUT2D eigenvalue weighted by atomic mass is 16.5. The molecule has 3 heterocycles. The van der Waals surface area contributed by atoms with Gasteiger partial charge in [0.2, 0.25) is 5.88 Å². The lowest BCUT2D eigenvalue weighted by atomic mass is 10.0. The van der Waals surface area contributed by atoms with Gasteiger partial charge in [-0.15, -0.1) is 0 Å². The van der Waals surface area contributed by atoms with Crippen LogP contribution in [0.2, 0.25) is 0 Å². The van der Waals surface area contributed by atoms with Crippen LogP contribution in [0.5, 0.6) is 5.88 Å². The second kappa shape index (κ2) is 9.12. The molecule has 0 aliphatic rings. The van der Waals surface area contributed by atoms with E-state index in [1.165, 1.54) is 0 Å². The zero-order valence-corrected chi connectivity index (χ0v) is 19.5. The summed E-state index contributed by atoms with van der Waals surface area (Å²) in [5.41, 5.74) is 4.63. The molecule has 0 amide bonds. The fourth-order valence-corrected chi connectivity index (χ4v) is 4.03. The van der Waals surface area contributed by atoms with E-state index in [2.05, 4.69) is 35.0 Å². The highest BCUT2D eigenvalue weighted by Gasteiger charge is 2.17. The molecule has 168 valence electrons. The van der Waals surface area contributed by atoms with Crippen molar-refractivity contribution in [2.24, 2.45) is 7.05 Å². The molecule has 0 bridgehead atoms. The summed E-state index contributed by atoms with van der Waals surface area (Å²) in [6, 6.07) is 10.1. The predicted molar refractivity (Wildman–Crippen MR) is 129 cm³/mol. The van der Waals surface area contributed by atoms with E-state index in [9.17, 15) is 4.79 Å². The Morgan fingerprint density at radius 3 is 2.50 bits per heavy atom. The number of unbranched alkanes of at least 4 members (excludes halogenated alkanes) is 1. The van der Waals surface area contributed by atoms with Gasteiger partial charge in [0.15, 0.2) is 0 Å². The molecule has 1 aromatic carbocycles. The minimum absolute atomic E-state index is 0.0246. The summed E-state index contributed by atoms with van der Waals surface area (Å²) in [5, 5.41) is 0.965. The summed E-state index contributed by atoms with van der Waals surface area (Å²) in [5.74, 6) is 0.639. The fourth-order valence-electron chi connectivity index (χ4n) is 4.03. The van der Waals surface area contributed by atoms with Gasteiger partial charge in [0, 0.05) is 36.3 Å².